The molecule has 1 aliphatic rings. The topological polar surface area (TPSA) is 58.7 Å². The fourth-order valence-corrected chi connectivity index (χ4v) is 2.84. The molecule has 4 nitrogen and oxygen atoms in total. The van der Waals surface area contributed by atoms with E-state index in [0.717, 1.165) is 24.6 Å². The summed E-state index contributed by atoms with van der Waals surface area (Å²) in [5.41, 5.74) is 5.35. The Labute approximate surface area is 111 Å². The van der Waals surface area contributed by atoms with Gasteiger partial charge in [0.15, 0.2) is 0 Å². The third kappa shape index (κ3) is 3.55. The van der Waals surface area contributed by atoms with Crippen LogP contribution in [0.4, 0.5) is 0 Å². The summed E-state index contributed by atoms with van der Waals surface area (Å²) >= 11 is 1.69. The maximum absolute atomic E-state index is 9.31. The maximum atomic E-state index is 9.31. The van der Waals surface area contributed by atoms with Crippen LogP contribution < -0.4 is 5.73 Å². The molecule has 1 aliphatic heterocycles. The van der Waals surface area contributed by atoms with Crippen molar-refractivity contribution in [1.82, 2.24) is 4.90 Å². The number of nitrogens with two attached hydrogens (primary N) is 1. The van der Waals surface area contributed by atoms with Gasteiger partial charge >= 0.3 is 0 Å². The molecule has 1 aromatic rings. The van der Waals surface area contributed by atoms with E-state index in [2.05, 4.69) is 22.8 Å². The zero-order valence-corrected chi connectivity index (χ0v) is 11.1. The van der Waals surface area contributed by atoms with E-state index in [4.69, 9.17) is 10.5 Å². The van der Waals surface area contributed by atoms with Crippen molar-refractivity contribution >= 4 is 11.3 Å². The summed E-state index contributed by atoms with van der Waals surface area (Å²) in [7, 11) is 0. The van der Waals surface area contributed by atoms with E-state index >= 15 is 0 Å². The molecule has 3 N–H and O–H groups in total. The number of hydrogen-bond acceptors (Lipinski definition) is 5. The Morgan fingerprint density at radius 1 is 1.56 bits per heavy atom. The highest BCUT2D eigenvalue weighted by molar-refractivity contribution is 7.12. The number of aliphatic hydroxyl groups excluding tert-OH is 1. The number of ether oxygens (including phenoxy) is 1. The van der Waals surface area contributed by atoms with E-state index in [-0.39, 0.29) is 12.6 Å². The van der Waals surface area contributed by atoms with Gasteiger partial charge in [0.2, 0.25) is 0 Å². The van der Waals surface area contributed by atoms with Crippen molar-refractivity contribution in [2.24, 2.45) is 5.73 Å². The van der Waals surface area contributed by atoms with Crippen LogP contribution in [0.3, 0.4) is 0 Å². The molecule has 0 radical (unpaired) electrons. The van der Waals surface area contributed by atoms with Crippen LogP contribution in [-0.4, -0.2) is 49.0 Å². The monoisotopic (exact) mass is 266 g/mol. The van der Waals surface area contributed by atoms with Crippen LogP contribution in [0.25, 0.3) is 0 Å². The summed E-state index contributed by atoms with van der Waals surface area (Å²) in [5, 5.41) is 9.31. The van der Waals surface area contributed by atoms with Crippen molar-refractivity contribution in [3.8, 4) is 11.8 Å². The first-order valence-electron chi connectivity index (χ1n) is 6.04. The minimum Gasteiger partial charge on any atom is -0.395 e. The van der Waals surface area contributed by atoms with Gasteiger partial charge in [0.05, 0.1) is 37.3 Å². The molecule has 0 spiro atoms. The number of aliphatic hydroxyl groups is 1. The molecule has 1 saturated heterocycles. The average Bonchev–Trinajstić information content (AvgIpc) is 2.84. The van der Waals surface area contributed by atoms with Gasteiger partial charge in [-0.05, 0) is 12.1 Å². The van der Waals surface area contributed by atoms with Gasteiger partial charge in [0.25, 0.3) is 0 Å². The Bertz CT molecular complexity index is 436. The summed E-state index contributed by atoms with van der Waals surface area (Å²) < 4.78 is 5.36. The Kier molecular flexibility index (Phi) is 5.17. The first-order valence-corrected chi connectivity index (χ1v) is 6.85. The van der Waals surface area contributed by atoms with Crippen LogP contribution in [0.2, 0.25) is 0 Å². The minimum absolute atomic E-state index is 0.111. The molecule has 98 valence electrons. The van der Waals surface area contributed by atoms with Crippen LogP contribution in [-0.2, 0) is 11.3 Å². The first-order chi connectivity index (χ1) is 8.83. The molecule has 1 atom stereocenters. The number of nitrogens with zero attached hydrogens (tertiary/aromatic N) is 1. The number of thiophene rings is 1. The molecular formula is C13H18N2O2S. The highest BCUT2D eigenvalue weighted by Crippen LogP contribution is 2.19. The SMILES string of the molecule is NCC#Cc1ccc(CN2CCOCC2CO)s1. The molecule has 5 heteroatoms. The molecule has 1 fully saturated rings. The van der Waals surface area contributed by atoms with Gasteiger partial charge in [-0.2, -0.15) is 0 Å². The van der Waals surface area contributed by atoms with Crippen LogP contribution in [0.1, 0.15) is 9.75 Å². The molecule has 0 bridgehead atoms. The smallest absolute Gasteiger partial charge is 0.0772 e. The van der Waals surface area contributed by atoms with Gasteiger partial charge in [-0.1, -0.05) is 11.8 Å². The molecule has 1 unspecified atom stereocenters. The minimum atomic E-state index is 0.111. The van der Waals surface area contributed by atoms with Crippen LogP contribution in [0, 0.1) is 11.8 Å². The second-order valence-electron chi connectivity index (χ2n) is 4.15. The number of morpholine rings is 1. The molecule has 0 aromatic carbocycles. The summed E-state index contributed by atoms with van der Waals surface area (Å²) in [5.74, 6) is 5.89. The highest BCUT2D eigenvalue weighted by Gasteiger charge is 2.22. The highest BCUT2D eigenvalue weighted by atomic mass is 32.1. The van der Waals surface area contributed by atoms with Crippen molar-refractivity contribution in [3.63, 3.8) is 0 Å². The fourth-order valence-electron chi connectivity index (χ4n) is 1.93. The third-order valence-electron chi connectivity index (χ3n) is 2.89. The Morgan fingerprint density at radius 3 is 3.22 bits per heavy atom. The van der Waals surface area contributed by atoms with Gasteiger partial charge in [-0.3, -0.25) is 4.90 Å². The van der Waals surface area contributed by atoms with Crippen molar-refractivity contribution in [3.05, 3.63) is 21.9 Å². The second-order valence-corrected chi connectivity index (χ2v) is 5.32. The Hall–Kier alpha value is -0.900. The first kappa shape index (κ1) is 13.5. The quantitative estimate of drug-likeness (QED) is 0.770. The van der Waals surface area contributed by atoms with Crippen molar-refractivity contribution in [1.29, 1.82) is 0 Å². The van der Waals surface area contributed by atoms with Crippen LogP contribution in [0.5, 0.6) is 0 Å². The predicted octanol–water partition coefficient (Wildman–Crippen LogP) is 0.251. The van der Waals surface area contributed by atoms with Crippen LogP contribution >= 0.6 is 11.3 Å². The van der Waals surface area contributed by atoms with E-state index in [1.54, 1.807) is 11.3 Å². The molecule has 18 heavy (non-hydrogen) atoms. The summed E-state index contributed by atoms with van der Waals surface area (Å²) in [6, 6.07) is 4.23. The number of hydrogen-bond donors (Lipinski definition) is 2. The molecule has 0 amide bonds. The second kappa shape index (κ2) is 6.88. The molecule has 2 rings (SSSR count). The van der Waals surface area contributed by atoms with Crippen molar-refractivity contribution < 1.29 is 9.84 Å². The Morgan fingerprint density at radius 2 is 2.44 bits per heavy atom. The fraction of sp³-hybridized carbons (Fsp3) is 0.538. The van der Waals surface area contributed by atoms with E-state index in [0.29, 0.717) is 13.2 Å². The largest absolute Gasteiger partial charge is 0.395 e. The summed E-state index contributed by atoms with van der Waals surface area (Å²) in [6.45, 7) is 3.61. The standard InChI is InChI=1S/C13H18N2O2S/c14-5-1-2-12-3-4-13(18-12)8-15-6-7-17-10-11(15)9-16/h3-4,11,16H,5-10,14H2. The average molecular weight is 266 g/mol. The molecule has 0 aliphatic carbocycles. The molecule has 0 saturated carbocycles. The lowest BCUT2D eigenvalue weighted by Gasteiger charge is -2.33. The summed E-state index contributed by atoms with van der Waals surface area (Å²) in [6.07, 6.45) is 0. The number of rotatable bonds is 3. The van der Waals surface area contributed by atoms with Gasteiger partial charge < -0.3 is 15.6 Å². The van der Waals surface area contributed by atoms with E-state index in [1.165, 1.54) is 4.88 Å². The van der Waals surface area contributed by atoms with E-state index in [1.807, 2.05) is 6.07 Å². The lowest BCUT2D eigenvalue weighted by atomic mass is 10.2. The maximum Gasteiger partial charge on any atom is 0.0772 e. The zero-order valence-electron chi connectivity index (χ0n) is 10.3. The van der Waals surface area contributed by atoms with E-state index < -0.39 is 0 Å². The molecule has 2 heterocycles. The van der Waals surface area contributed by atoms with Gasteiger partial charge in [0.1, 0.15) is 0 Å². The van der Waals surface area contributed by atoms with Crippen LogP contribution in [0.15, 0.2) is 12.1 Å². The van der Waals surface area contributed by atoms with Crippen molar-refractivity contribution in [2.45, 2.75) is 12.6 Å². The van der Waals surface area contributed by atoms with E-state index in [9.17, 15) is 5.11 Å². The molecule has 1 aromatic heterocycles. The summed E-state index contributed by atoms with van der Waals surface area (Å²) in [4.78, 5) is 4.57. The normalized spacial score (nSPS) is 20.4. The molecular weight excluding hydrogens is 248 g/mol. The van der Waals surface area contributed by atoms with Gasteiger partial charge in [-0.15, -0.1) is 11.3 Å². The van der Waals surface area contributed by atoms with Gasteiger partial charge in [-0.25, -0.2) is 0 Å². The predicted molar refractivity (Wildman–Crippen MR) is 72.4 cm³/mol. The Balaban J connectivity index is 1.97. The third-order valence-corrected chi connectivity index (χ3v) is 3.88. The van der Waals surface area contributed by atoms with Gasteiger partial charge in [0, 0.05) is 18.0 Å². The lowest BCUT2D eigenvalue weighted by Crippen LogP contribution is -2.46. The lowest BCUT2D eigenvalue weighted by molar-refractivity contribution is -0.0308. The van der Waals surface area contributed by atoms with Crippen molar-refractivity contribution in [2.75, 3.05) is 32.9 Å². The zero-order chi connectivity index (χ0) is 12.8.